The van der Waals surface area contributed by atoms with Gasteiger partial charge >= 0.3 is 0 Å². The summed E-state index contributed by atoms with van der Waals surface area (Å²) in [6, 6.07) is -0.192. The zero-order valence-corrected chi connectivity index (χ0v) is 11.5. The molecular formula is C14H25NO2. The van der Waals surface area contributed by atoms with Crippen LogP contribution in [0.5, 0.6) is 0 Å². The number of ether oxygens (including phenoxy) is 1. The Balaban J connectivity index is 2.97. The van der Waals surface area contributed by atoms with Crippen molar-refractivity contribution in [1.82, 2.24) is 5.32 Å². The van der Waals surface area contributed by atoms with E-state index in [1.54, 1.807) is 0 Å². The van der Waals surface area contributed by atoms with Crippen LogP contribution in [0, 0.1) is 24.2 Å². The van der Waals surface area contributed by atoms with Gasteiger partial charge in [0.1, 0.15) is 6.10 Å². The number of rotatable bonds is 4. The molecule has 3 heteroatoms. The second-order valence-corrected chi connectivity index (χ2v) is 5.70. The predicted molar refractivity (Wildman–Crippen MR) is 69.6 cm³/mol. The molecule has 0 aromatic carbocycles. The van der Waals surface area contributed by atoms with Crippen LogP contribution in [0.1, 0.15) is 34.1 Å². The standard InChI is InChI=1S/C14H25NO2/c1-7-14(16)12(15-6)11(8-9(2)3)17-13(14)10(4)5/h1,9-13,15-16H,8H2,2-6H3/t11-,12+,13+,14-/m1/s1. The molecule has 1 rings (SSSR count). The summed E-state index contributed by atoms with van der Waals surface area (Å²) in [4.78, 5) is 0. The fraction of sp³-hybridized carbons (Fsp3) is 0.857. The second kappa shape index (κ2) is 5.39. The van der Waals surface area contributed by atoms with Crippen molar-refractivity contribution in [3.8, 4) is 12.3 Å². The Morgan fingerprint density at radius 3 is 2.35 bits per heavy atom. The summed E-state index contributed by atoms with van der Waals surface area (Å²) in [6.45, 7) is 8.34. The number of aliphatic hydroxyl groups is 1. The molecule has 98 valence electrons. The molecule has 0 aromatic rings. The van der Waals surface area contributed by atoms with E-state index in [0.29, 0.717) is 5.92 Å². The quantitative estimate of drug-likeness (QED) is 0.729. The number of likely N-dealkylation sites (N-methyl/N-ethyl adjacent to an activating group) is 1. The van der Waals surface area contributed by atoms with Gasteiger partial charge in [0.2, 0.25) is 0 Å². The molecule has 1 heterocycles. The van der Waals surface area contributed by atoms with Crippen LogP contribution in [-0.4, -0.2) is 36.0 Å². The van der Waals surface area contributed by atoms with Crippen molar-refractivity contribution in [1.29, 1.82) is 0 Å². The topological polar surface area (TPSA) is 41.5 Å². The van der Waals surface area contributed by atoms with E-state index in [-0.39, 0.29) is 24.2 Å². The highest BCUT2D eigenvalue weighted by molar-refractivity contribution is 5.23. The van der Waals surface area contributed by atoms with E-state index in [1.807, 2.05) is 20.9 Å². The summed E-state index contributed by atoms with van der Waals surface area (Å²) in [5.41, 5.74) is -1.21. The first kappa shape index (κ1) is 14.5. The van der Waals surface area contributed by atoms with Crippen LogP contribution in [0.15, 0.2) is 0 Å². The molecule has 0 aliphatic carbocycles. The molecule has 0 radical (unpaired) electrons. The fourth-order valence-electron chi connectivity index (χ4n) is 2.73. The van der Waals surface area contributed by atoms with Gasteiger partial charge in [-0.25, -0.2) is 0 Å². The Hall–Kier alpha value is -0.560. The Morgan fingerprint density at radius 1 is 1.41 bits per heavy atom. The summed E-state index contributed by atoms with van der Waals surface area (Å²) in [7, 11) is 1.83. The summed E-state index contributed by atoms with van der Waals surface area (Å²) in [5, 5.41) is 13.8. The van der Waals surface area contributed by atoms with Crippen molar-refractivity contribution in [2.45, 2.75) is 58.0 Å². The van der Waals surface area contributed by atoms with Crippen LogP contribution in [0.2, 0.25) is 0 Å². The van der Waals surface area contributed by atoms with E-state index in [9.17, 15) is 5.11 Å². The maximum absolute atomic E-state index is 10.6. The molecule has 0 bridgehead atoms. The largest absolute Gasteiger partial charge is 0.373 e. The van der Waals surface area contributed by atoms with Gasteiger partial charge in [0.05, 0.1) is 12.1 Å². The lowest BCUT2D eigenvalue weighted by Crippen LogP contribution is -2.54. The minimum absolute atomic E-state index is 0.0200. The van der Waals surface area contributed by atoms with Crippen LogP contribution >= 0.6 is 0 Å². The van der Waals surface area contributed by atoms with Crippen molar-refractivity contribution in [2.24, 2.45) is 11.8 Å². The third-order valence-electron chi connectivity index (χ3n) is 3.45. The average molecular weight is 239 g/mol. The zero-order valence-electron chi connectivity index (χ0n) is 11.5. The maximum Gasteiger partial charge on any atom is 0.169 e. The SMILES string of the molecule is C#C[C@]1(O)[C@H](C(C)C)O[C@H](CC(C)C)[C@@H]1NC. The van der Waals surface area contributed by atoms with E-state index in [4.69, 9.17) is 11.2 Å². The normalized spacial score (nSPS) is 37.7. The smallest absolute Gasteiger partial charge is 0.169 e. The van der Waals surface area contributed by atoms with Gasteiger partial charge in [-0.15, -0.1) is 6.42 Å². The third kappa shape index (κ3) is 2.65. The van der Waals surface area contributed by atoms with Gasteiger partial charge in [-0.05, 0) is 25.3 Å². The Kier molecular flexibility index (Phi) is 4.60. The highest BCUT2D eigenvalue weighted by Gasteiger charge is 2.54. The maximum atomic E-state index is 10.6. The van der Waals surface area contributed by atoms with Gasteiger partial charge in [-0.1, -0.05) is 33.6 Å². The van der Waals surface area contributed by atoms with E-state index < -0.39 is 5.60 Å². The second-order valence-electron chi connectivity index (χ2n) is 5.70. The molecule has 17 heavy (non-hydrogen) atoms. The number of nitrogens with one attached hydrogen (secondary N) is 1. The number of hydrogen-bond acceptors (Lipinski definition) is 3. The molecular weight excluding hydrogens is 214 g/mol. The lowest BCUT2D eigenvalue weighted by molar-refractivity contribution is -0.0460. The van der Waals surface area contributed by atoms with Gasteiger partial charge in [0, 0.05) is 0 Å². The minimum atomic E-state index is -1.21. The Bertz CT molecular complexity index is 295. The van der Waals surface area contributed by atoms with Gasteiger partial charge in [-0.2, -0.15) is 0 Å². The molecule has 2 N–H and O–H groups in total. The Morgan fingerprint density at radius 2 is 2.00 bits per heavy atom. The summed E-state index contributed by atoms with van der Waals surface area (Å²) in [6.07, 6.45) is 6.12. The lowest BCUT2D eigenvalue weighted by Gasteiger charge is -2.30. The van der Waals surface area contributed by atoms with Gasteiger partial charge < -0.3 is 15.2 Å². The molecule has 1 aliphatic rings. The molecule has 1 aliphatic heterocycles. The van der Waals surface area contributed by atoms with Crippen LogP contribution in [-0.2, 0) is 4.74 Å². The van der Waals surface area contributed by atoms with Crippen LogP contribution in [0.3, 0.4) is 0 Å². The molecule has 1 saturated heterocycles. The van der Waals surface area contributed by atoms with Crippen LogP contribution in [0.4, 0.5) is 0 Å². The summed E-state index contributed by atoms with van der Waals surface area (Å²) < 4.78 is 5.99. The van der Waals surface area contributed by atoms with Crippen molar-refractivity contribution in [2.75, 3.05) is 7.05 Å². The van der Waals surface area contributed by atoms with E-state index in [1.165, 1.54) is 0 Å². The van der Waals surface area contributed by atoms with Gasteiger partial charge in [-0.3, -0.25) is 0 Å². The lowest BCUT2D eigenvalue weighted by atomic mass is 9.83. The molecule has 0 amide bonds. The van der Waals surface area contributed by atoms with Crippen LogP contribution in [0.25, 0.3) is 0 Å². The predicted octanol–water partition coefficient (Wildman–Crippen LogP) is 1.41. The fourth-order valence-corrected chi connectivity index (χ4v) is 2.73. The first-order valence-corrected chi connectivity index (χ1v) is 6.39. The van der Waals surface area contributed by atoms with Gasteiger partial charge in [0.15, 0.2) is 5.60 Å². The molecule has 0 aromatic heterocycles. The highest BCUT2D eigenvalue weighted by atomic mass is 16.5. The minimum Gasteiger partial charge on any atom is -0.373 e. The zero-order chi connectivity index (χ0) is 13.2. The molecule has 0 spiro atoms. The molecule has 4 atom stereocenters. The molecule has 1 fully saturated rings. The van der Waals surface area contributed by atoms with Crippen LogP contribution < -0.4 is 5.32 Å². The summed E-state index contributed by atoms with van der Waals surface area (Å²) >= 11 is 0. The Labute approximate surface area is 105 Å². The molecule has 0 saturated carbocycles. The molecule has 3 nitrogen and oxygen atoms in total. The third-order valence-corrected chi connectivity index (χ3v) is 3.45. The van der Waals surface area contributed by atoms with E-state index >= 15 is 0 Å². The van der Waals surface area contributed by atoms with E-state index in [0.717, 1.165) is 6.42 Å². The summed E-state index contributed by atoms with van der Waals surface area (Å²) in [5.74, 6) is 3.26. The number of hydrogen-bond donors (Lipinski definition) is 2. The number of terminal acetylenes is 1. The first-order chi connectivity index (χ1) is 7.86. The van der Waals surface area contributed by atoms with Gasteiger partial charge in [0.25, 0.3) is 0 Å². The van der Waals surface area contributed by atoms with Crippen molar-refractivity contribution in [3.63, 3.8) is 0 Å². The van der Waals surface area contributed by atoms with Crippen molar-refractivity contribution < 1.29 is 9.84 Å². The average Bonchev–Trinajstić information content (AvgIpc) is 2.51. The highest BCUT2D eigenvalue weighted by Crippen LogP contribution is 2.37. The van der Waals surface area contributed by atoms with Crippen molar-refractivity contribution in [3.05, 3.63) is 0 Å². The van der Waals surface area contributed by atoms with E-state index in [2.05, 4.69) is 25.1 Å². The van der Waals surface area contributed by atoms with Crippen molar-refractivity contribution >= 4 is 0 Å². The molecule has 0 unspecified atom stereocenters. The first-order valence-electron chi connectivity index (χ1n) is 6.39. The monoisotopic (exact) mass is 239 g/mol.